The van der Waals surface area contributed by atoms with Gasteiger partial charge in [0.25, 0.3) is 0 Å². The molecular formula is C22H39NO16. The first-order valence-electron chi connectivity index (χ1n) is 12.3. The summed E-state index contributed by atoms with van der Waals surface area (Å²) in [4.78, 5) is 11.6. The third-order valence-electron chi connectivity index (χ3n) is 6.89. The summed E-state index contributed by atoms with van der Waals surface area (Å²) in [5, 5.41) is 84.5. The predicted octanol–water partition coefficient (Wildman–Crippen LogP) is -6.12. The molecule has 3 aliphatic rings. The molecule has 3 fully saturated rings. The molecule has 9 N–H and O–H groups in total. The number of ether oxygens (including phenoxy) is 7. The maximum absolute atomic E-state index is 11.6. The van der Waals surface area contributed by atoms with Crippen LogP contribution < -0.4 is 5.32 Å². The first kappa shape index (κ1) is 32.4. The number of carbonyl (C=O) groups is 1. The van der Waals surface area contributed by atoms with Crippen molar-refractivity contribution in [3.8, 4) is 0 Å². The summed E-state index contributed by atoms with van der Waals surface area (Å²) in [5.74, 6) is -0.590. The highest BCUT2D eigenvalue weighted by Crippen LogP contribution is 2.33. The normalized spacial score (nSPS) is 47.1. The lowest BCUT2D eigenvalue weighted by Crippen LogP contribution is -2.68. The molecule has 0 aliphatic carbocycles. The van der Waals surface area contributed by atoms with Crippen LogP contribution in [-0.4, -0.2) is 173 Å². The van der Waals surface area contributed by atoms with Crippen molar-refractivity contribution in [2.24, 2.45) is 0 Å². The zero-order valence-electron chi connectivity index (χ0n) is 21.6. The number of rotatable bonds is 10. The van der Waals surface area contributed by atoms with Gasteiger partial charge in [0.2, 0.25) is 5.91 Å². The van der Waals surface area contributed by atoms with Gasteiger partial charge in [-0.3, -0.25) is 4.79 Å². The minimum atomic E-state index is -1.79. The van der Waals surface area contributed by atoms with Gasteiger partial charge in [0.1, 0.15) is 73.2 Å². The number of nitrogens with one attached hydrogen (secondary N) is 1. The topological polar surface area (TPSA) is 256 Å². The van der Waals surface area contributed by atoms with Crippen LogP contribution in [0.5, 0.6) is 0 Å². The van der Waals surface area contributed by atoms with E-state index in [4.69, 9.17) is 33.2 Å². The number of amides is 1. The van der Waals surface area contributed by atoms with E-state index in [9.17, 15) is 45.6 Å². The van der Waals surface area contributed by atoms with Crippen molar-refractivity contribution >= 4 is 5.91 Å². The zero-order chi connectivity index (χ0) is 29.0. The second kappa shape index (κ2) is 14.2. The molecule has 17 nitrogen and oxygen atoms in total. The predicted molar refractivity (Wildman–Crippen MR) is 122 cm³/mol. The van der Waals surface area contributed by atoms with E-state index < -0.39 is 111 Å². The maximum Gasteiger partial charge on any atom is 0.217 e. The van der Waals surface area contributed by atoms with Crippen molar-refractivity contribution in [2.75, 3.05) is 34.0 Å². The van der Waals surface area contributed by atoms with Crippen LogP contribution in [0, 0.1) is 0 Å². The standard InChI is InChI=1S/C22H39NO16/c1-7(26)23-11-13(28)17(9(5-25)35-20(11)32)38-22-16(31)19(18(34-3)10(37-22)6-33-2)39-21-15(30)14(29)12(27)8(4-24)36-21/h8-22,24-25,27-32H,4-6H2,1-3H3,(H,23,26)/t8-,9-,10-,11-,12-,13-,14+,15+,16+,17-,18-,19-,20?,21-,22+/m1/s1. The van der Waals surface area contributed by atoms with Crippen molar-refractivity contribution < 1.29 is 78.8 Å². The molecule has 0 aromatic heterocycles. The van der Waals surface area contributed by atoms with E-state index >= 15 is 0 Å². The van der Waals surface area contributed by atoms with Gasteiger partial charge in [0.15, 0.2) is 18.9 Å². The first-order chi connectivity index (χ1) is 18.5. The van der Waals surface area contributed by atoms with Crippen LogP contribution >= 0.6 is 0 Å². The summed E-state index contributed by atoms with van der Waals surface area (Å²) in [5.41, 5.74) is 0. The minimum Gasteiger partial charge on any atom is -0.394 e. The number of carbonyl (C=O) groups excluding carboxylic acids is 1. The largest absolute Gasteiger partial charge is 0.394 e. The molecule has 39 heavy (non-hydrogen) atoms. The third-order valence-corrected chi connectivity index (χ3v) is 6.89. The summed E-state index contributed by atoms with van der Waals surface area (Å²) in [6, 6.07) is -1.35. The quantitative estimate of drug-likeness (QED) is 0.118. The molecule has 0 aromatic carbocycles. The molecule has 0 bridgehead atoms. The third kappa shape index (κ3) is 7.03. The van der Waals surface area contributed by atoms with Crippen LogP contribution in [0.3, 0.4) is 0 Å². The molecule has 1 unspecified atom stereocenters. The van der Waals surface area contributed by atoms with Crippen molar-refractivity contribution in [3.63, 3.8) is 0 Å². The molecule has 0 saturated carbocycles. The minimum absolute atomic E-state index is 0.111. The Kier molecular flexibility index (Phi) is 11.8. The smallest absolute Gasteiger partial charge is 0.217 e. The van der Waals surface area contributed by atoms with Gasteiger partial charge in [-0.05, 0) is 0 Å². The number of aliphatic hydroxyl groups excluding tert-OH is 8. The fraction of sp³-hybridized carbons (Fsp3) is 0.955. The SMILES string of the molecule is COC[C@H]1O[C@@H](O[C@H]2[C@H](O)[C@@H](NC(C)=O)C(O)O[C@@H]2CO)[C@@H](O)[C@@H](O[C@H]2O[C@H](CO)[C@@H](O)[C@H](O)[C@@H]2O)[C@@H]1OC. The molecule has 0 radical (unpaired) electrons. The van der Waals surface area contributed by atoms with Crippen molar-refractivity contribution in [3.05, 3.63) is 0 Å². The van der Waals surface area contributed by atoms with Crippen LogP contribution in [0.1, 0.15) is 6.92 Å². The molecule has 3 aliphatic heterocycles. The number of hydrogen-bond acceptors (Lipinski definition) is 16. The molecule has 0 spiro atoms. The average Bonchev–Trinajstić information content (AvgIpc) is 2.90. The van der Waals surface area contributed by atoms with Gasteiger partial charge in [-0.15, -0.1) is 0 Å². The number of aliphatic hydroxyl groups is 8. The van der Waals surface area contributed by atoms with E-state index in [1.807, 2.05) is 0 Å². The lowest BCUT2D eigenvalue weighted by Gasteiger charge is -2.49. The molecular weight excluding hydrogens is 534 g/mol. The van der Waals surface area contributed by atoms with Gasteiger partial charge >= 0.3 is 0 Å². The van der Waals surface area contributed by atoms with Gasteiger partial charge < -0.3 is 79.3 Å². The highest BCUT2D eigenvalue weighted by Gasteiger charge is 2.54. The Hall–Kier alpha value is -1.13. The number of methoxy groups -OCH3 is 2. The van der Waals surface area contributed by atoms with Crippen LogP contribution in [0.25, 0.3) is 0 Å². The highest BCUT2D eigenvalue weighted by molar-refractivity contribution is 5.73. The second-order valence-electron chi connectivity index (χ2n) is 9.55. The zero-order valence-corrected chi connectivity index (χ0v) is 21.6. The van der Waals surface area contributed by atoms with Crippen molar-refractivity contribution in [1.82, 2.24) is 5.32 Å². The Balaban J connectivity index is 1.86. The molecule has 17 heteroatoms. The Morgan fingerprint density at radius 3 is 1.87 bits per heavy atom. The van der Waals surface area contributed by atoms with Gasteiger partial charge in [0, 0.05) is 21.1 Å². The van der Waals surface area contributed by atoms with E-state index in [1.165, 1.54) is 14.2 Å². The van der Waals surface area contributed by atoms with Crippen LogP contribution in [0.15, 0.2) is 0 Å². The monoisotopic (exact) mass is 573 g/mol. The molecule has 3 rings (SSSR count). The first-order valence-corrected chi connectivity index (χ1v) is 12.3. The Bertz CT molecular complexity index is 776. The number of hydrogen-bond donors (Lipinski definition) is 9. The highest BCUT2D eigenvalue weighted by atomic mass is 16.8. The van der Waals surface area contributed by atoms with Crippen LogP contribution in [-0.2, 0) is 38.0 Å². The fourth-order valence-corrected chi connectivity index (χ4v) is 4.88. The lowest BCUT2D eigenvalue weighted by atomic mass is 9.95. The van der Waals surface area contributed by atoms with E-state index in [-0.39, 0.29) is 6.61 Å². The van der Waals surface area contributed by atoms with Crippen LogP contribution in [0.4, 0.5) is 0 Å². The summed E-state index contributed by atoms with van der Waals surface area (Å²) < 4.78 is 38.8. The van der Waals surface area contributed by atoms with Gasteiger partial charge in [0.05, 0.1) is 19.8 Å². The summed E-state index contributed by atoms with van der Waals surface area (Å²) in [7, 11) is 2.65. The van der Waals surface area contributed by atoms with E-state index in [2.05, 4.69) is 5.32 Å². The molecule has 228 valence electrons. The lowest BCUT2D eigenvalue weighted by molar-refractivity contribution is -0.376. The fourth-order valence-electron chi connectivity index (χ4n) is 4.88. The molecule has 3 heterocycles. The Morgan fingerprint density at radius 1 is 0.718 bits per heavy atom. The van der Waals surface area contributed by atoms with Crippen LogP contribution in [0.2, 0.25) is 0 Å². The van der Waals surface area contributed by atoms with Gasteiger partial charge in [-0.1, -0.05) is 0 Å². The van der Waals surface area contributed by atoms with E-state index in [0.717, 1.165) is 6.92 Å². The molecule has 0 aromatic rings. The summed E-state index contributed by atoms with van der Waals surface area (Å²) in [6.07, 6.45) is -21.0. The van der Waals surface area contributed by atoms with Crippen molar-refractivity contribution in [2.45, 2.75) is 99.0 Å². The Morgan fingerprint density at radius 2 is 1.31 bits per heavy atom. The van der Waals surface area contributed by atoms with Crippen molar-refractivity contribution in [1.29, 1.82) is 0 Å². The molecule has 15 atom stereocenters. The summed E-state index contributed by atoms with van der Waals surface area (Å²) >= 11 is 0. The van der Waals surface area contributed by atoms with Gasteiger partial charge in [-0.2, -0.15) is 0 Å². The van der Waals surface area contributed by atoms with E-state index in [0.29, 0.717) is 0 Å². The Labute approximate surface area is 223 Å². The van der Waals surface area contributed by atoms with E-state index in [1.54, 1.807) is 0 Å². The maximum atomic E-state index is 11.6. The summed E-state index contributed by atoms with van der Waals surface area (Å²) in [6.45, 7) is -0.389. The van der Waals surface area contributed by atoms with Gasteiger partial charge in [-0.25, -0.2) is 0 Å². The second-order valence-corrected chi connectivity index (χ2v) is 9.55. The molecule has 3 saturated heterocycles. The average molecular weight is 574 g/mol. The molecule has 1 amide bonds.